The van der Waals surface area contributed by atoms with Gasteiger partial charge >= 0.3 is 0 Å². The third-order valence-corrected chi connectivity index (χ3v) is 2.85. The molecule has 0 bridgehead atoms. The second-order valence-corrected chi connectivity index (χ2v) is 5.16. The molecule has 1 aromatic carbocycles. The number of hydrogen-bond donors (Lipinski definition) is 0. The highest BCUT2D eigenvalue weighted by molar-refractivity contribution is 9.10. The van der Waals surface area contributed by atoms with Crippen LogP contribution in [0.5, 0.6) is 5.75 Å². The van der Waals surface area contributed by atoms with Gasteiger partial charge in [-0.25, -0.2) is 0 Å². The number of hydrogen-bond acceptors (Lipinski definition) is 3. The summed E-state index contributed by atoms with van der Waals surface area (Å²) in [5.41, 5.74) is 0. The monoisotopic (exact) mass is 321 g/mol. The van der Waals surface area contributed by atoms with E-state index in [1.807, 2.05) is 32.3 Å². The van der Waals surface area contributed by atoms with Crippen molar-refractivity contribution in [1.82, 2.24) is 4.90 Å². The fourth-order valence-corrected chi connectivity index (χ4v) is 1.88. The first-order valence-corrected chi connectivity index (χ1v) is 6.57. The fraction of sp³-hybridized carbons (Fsp3) is 0.500. The van der Waals surface area contributed by atoms with Gasteiger partial charge in [0.15, 0.2) is 0 Å². The molecule has 17 heavy (non-hydrogen) atoms. The van der Waals surface area contributed by atoms with Gasteiger partial charge in [-0.15, -0.1) is 0 Å². The Balaban J connectivity index is 2.18. The van der Waals surface area contributed by atoms with Crippen LogP contribution in [0.25, 0.3) is 0 Å². The minimum Gasteiger partial charge on any atom is -0.490 e. The quantitative estimate of drug-likeness (QED) is 0.720. The lowest BCUT2D eigenvalue weighted by Crippen LogP contribution is -2.19. The van der Waals surface area contributed by atoms with Crippen molar-refractivity contribution in [2.45, 2.75) is 0 Å². The van der Waals surface area contributed by atoms with Crippen molar-refractivity contribution in [3.05, 3.63) is 27.7 Å². The molecular weight excluding hydrogens is 305 g/mol. The van der Waals surface area contributed by atoms with Gasteiger partial charge in [-0.05, 0) is 32.3 Å². The Labute approximate surface area is 116 Å². The van der Waals surface area contributed by atoms with Crippen LogP contribution in [0.2, 0.25) is 5.02 Å². The maximum atomic E-state index is 6.01. The molecule has 0 heterocycles. The van der Waals surface area contributed by atoms with Crippen LogP contribution in [0.1, 0.15) is 0 Å². The Morgan fingerprint density at radius 2 is 2.00 bits per heavy atom. The van der Waals surface area contributed by atoms with Crippen LogP contribution >= 0.6 is 27.5 Å². The van der Waals surface area contributed by atoms with Crippen molar-refractivity contribution in [3.8, 4) is 5.75 Å². The summed E-state index contributed by atoms with van der Waals surface area (Å²) in [5.74, 6) is 0.686. The zero-order valence-electron chi connectivity index (χ0n) is 10.1. The van der Waals surface area contributed by atoms with E-state index in [1.54, 1.807) is 0 Å². The number of likely N-dealkylation sites (N-methyl/N-ethyl adjacent to an activating group) is 1. The van der Waals surface area contributed by atoms with Crippen molar-refractivity contribution in [2.24, 2.45) is 0 Å². The Bertz CT molecular complexity index is 347. The van der Waals surface area contributed by atoms with Crippen molar-refractivity contribution in [2.75, 3.05) is 40.5 Å². The molecule has 0 spiro atoms. The van der Waals surface area contributed by atoms with E-state index in [0.29, 0.717) is 30.6 Å². The maximum Gasteiger partial charge on any atom is 0.138 e. The lowest BCUT2D eigenvalue weighted by Gasteiger charge is -2.11. The van der Waals surface area contributed by atoms with E-state index in [9.17, 15) is 0 Å². The molecule has 0 aliphatic rings. The van der Waals surface area contributed by atoms with E-state index in [-0.39, 0.29) is 0 Å². The third kappa shape index (κ3) is 6.27. The molecule has 0 unspecified atom stereocenters. The Hall–Kier alpha value is -0.290. The van der Waals surface area contributed by atoms with Crippen molar-refractivity contribution >= 4 is 27.5 Å². The summed E-state index contributed by atoms with van der Waals surface area (Å²) >= 11 is 9.35. The number of benzene rings is 1. The van der Waals surface area contributed by atoms with E-state index >= 15 is 0 Å². The molecule has 0 aromatic heterocycles. The predicted molar refractivity (Wildman–Crippen MR) is 74.0 cm³/mol. The Kier molecular flexibility index (Phi) is 6.89. The predicted octanol–water partition coefficient (Wildman–Crippen LogP) is 3.06. The standard InChI is InChI=1S/C12H17BrClNO2/c1-15(2)5-6-16-7-8-17-12-4-3-10(13)9-11(12)14/h3-4,9H,5-8H2,1-2H3. The highest BCUT2D eigenvalue weighted by atomic mass is 79.9. The zero-order valence-corrected chi connectivity index (χ0v) is 12.4. The van der Waals surface area contributed by atoms with Gasteiger partial charge in [0.05, 0.1) is 18.2 Å². The first-order chi connectivity index (χ1) is 8.09. The van der Waals surface area contributed by atoms with Gasteiger partial charge in [0.25, 0.3) is 0 Å². The first-order valence-electron chi connectivity index (χ1n) is 5.40. The highest BCUT2D eigenvalue weighted by Crippen LogP contribution is 2.27. The van der Waals surface area contributed by atoms with Crippen LogP contribution in [-0.4, -0.2) is 45.4 Å². The van der Waals surface area contributed by atoms with E-state index in [2.05, 4.69) is 20.8 Å². The second kappa shape index (κ2) is 7.93. The highest BCUT2D eigenvalue weighted by Gasteiger charge is 2.01. The van der Waals surface area contributed by atoms with Crippen LogP contribution in [0, 0.1) is 0 Å². The lowest BCUT2D eigenvalue weighted by molar-refractivity contribution is 0.0890. The molecule has 3 nitrogen and oxygen atoms in total. The summed E-state index contributed by atoms with van der Waals surface area (Å²) in [7, 11) is 4.03. The van der Waals surface area contributed by atoms with Gasteiger partial charge in [-0.2, -0.15) is 0 Å². The molecule has 1 rings (SSSR count). The summed E-state index contributed by atoms with van der Waals surface area (Å²) in [6.07, 6.45) is 0. The molecule has 5 heteroatoms. The van der Waals surface area contributed by atoms with E-state index < -0.39 is 0 Å². The molecule has 0 fully saturated rings. The summed E-state index contributed by atoms with van der Waals surface area (Å²) < 4.78 is 11.9. The minimum atomic E-state index is 0.509. The average Bonchev–Trinajstić information content (AvgIpc) is 2.25. The summed E-state index contributed by atoms with van der Waals surface area (Å²) in [5, 5.41) is 0.604. The first kappa shape index (κ1) is 14.8. The van der Waals surface area contributed by atoms with Crippen molar-refractivity contribution in [3.63, 3.8) is 0 Å². The number of nitrogens with zero attached hydrogens (tertiary/aromatic N) is 1. The SMILES string of the molecule is CN(C)CCOCCOc1ccc(Br)cc1Cl. The average molecular weight is 323 g/mol. The van der Waals surface area contributed by atoms with E-state index in [1.165, 1.54) is 0 Å². The van der Waals surface area contributed by atoms with Gasteiger partial charge in [-0.1, -0.05) is 27.5 Å². The smallest absolute Gasteiger partial charge is 0.138 e. The summed E-state index contributed by atoms with van der Waals surface area (Å²) in [6.45, 7) is 2.71. The minimum absolute atomic E-state index is 0.509. The maximum absolute atomic E-state index is 6.01. The van der Waals surface area contributed by atoms with Crippen LogP contribution in [0.3, 0.4) is 0 Å². The molecular formula is C12H17BrClNO2. The van der Waals surface area contributed by atoms with Crippen molar-refractivity contribution < 1.29 is 9.47 Å². The van der Waals surface area contributed by atoms with Crippen LogP contribution < -0.4 is 4.74 Å². The third-order valence-electron chi connectivity index (χ3n) is 2.06. The van der Waals surface area contributed by atoms with Gasteiger partial charge < -0.3 is 14.4 Å². The second-order valence-electron chi connectivity index (χ2n) is 3.84. The number of rotatable bonds is 7. The topological polar surface area (TPSA) is 21.7 Å². The molecule has 0 atom stereocenters. The fourth-order valence-electron chi connectivity index (χ4n) is 1.15. The van der Waals surface area contributed by atoms with Gasteiger partial charge in [-0.3, -0.25) is 0 Å². The Morgan fingerprint density at radius 3 is 2.65 bits per heavy atom. The largest absolute Gasteiger partial charge is 0.490 e. The van der Waals surface area contributed by atoms with Gasteiger partial charge in [0.1, 0.15) is 12.4 Å². The molecule has 0 aliphatic carbocycles. The zero-order chi connectivity index (χ0) is 12.7. The van der Waals surface area contributed by atoms with Crippen LogP contribution in [0.4, 0.5) is 0 Å². The number of ether oxygens (including phenoxy) is 2. The molecule has 0 saturated heterocycles. The molecule has 0 aliphatic heterocycles. The molecule has 1 aromatic rings. The number of halogens is 2. The molecule has 0 amide bonds. The molecule has 96 valence electrons. The van der Waals surface area contributed by atoms with Crippen LogP contribution in [-0.2, 0) is 4.74 Å². The van der Waals surface area contributed by atoms with E-state index in [0.717, 1.165) is 11.0 Å². The van der Waals surface area contributed by atoms with Gasteiger partial charge in [0.2, 0.25) is 0 Å². The normalized spacial score (nSPS) is 10.9. The molecule has 0 radical (unpaired) electrons. The summed E-state index contributed by atoms with van der Waals surface area (Å²) in [6, 6.07) is 5.55. The molecule has 0 saturated carbocycles. The lowest BCUT2D eigenvalue weighted by atomic mass is 10.3. The van der Waals surface area contributed by atoms with Crippen molar-refractivity contribution in [1.29, 1.82) is 0 Å². The van der Waals surface area contributed by atoms with Crippen LogP contribution in [0.15, 0.2) is 22.7 Å². The summed E-state index contributed by atoms with van der Waals surface area (Å²) in [4.78, 5) is 2.08. The molecule has 0 N–H and O–H groups in total. The Morgan fingerprint density at radius 1 is 1.24 bits per heavy atom. The van der Waals surface area contributed by atoms with Gasteiger partial charge in [0, 0.05) is 11.0 Å². The van der Waals surface area contributed by atoms with E-state index in [4.69, 9.17) is 21.1 Å².